The summed E-state index contributed by atoms with van der Waals surface area (Å²) in [6.07, 6.45) is 2.17. The minimum absolute atomic E-state index is 0.110. The van der Waals surface area contributed by atoms with E-state index in [4.69, 9.17) is 9.15 Å². The SMILES string of the molecule is CCCNC(=O)COC(=O)[C@@H](NC(=O)c1ccco1)C(C)C. The summed E-state index contributed by atoms with van der Waals surface area (Å²) < 4.78 is 9.92. The van der Waals surface area contributed by atoms with Crippen molar-refractivity contribution in [3.8, 4) is 0 Å². The molecule has 0 bridgehead atoms. The summed E-state index contributed by atoms with van der Waals surface area (Å²) in [5.41, 5.74) is 0. The summed E-state index contributed by atoms with van der Waals surface area (Å²) in [4.78, 5) is 35.4. The smallest absolute Gasteiger partial charge is 0.329 e. The van der Waals surface area contributed by atoms with Gasteiger partial charge in [0.1, 0.15) is 6.04 Å². The van der Waals surface area contributed by atoms with Crippen LogP contribution in [0.1, 0.15) is 37.7 Å². The number of hydrogen-bond acceptors (Lipinski definition) is 5. The van der Waals surface area contributed by atoms with Gasteiger partial charge in [-0.05, 0) is 24.5 Å². The molecule has 0 unspecified atom stereocenters. The maximum absolute atomic E-state index is 12.0. The zero-order valence-corrected chi connectivity index (χ0v) is 13.0. The molecule has 2 amide bonds. The Hall–Kier alpha value is -2.31. The summed E-state index contributed by atoms with van der Waals surface area (Å²) in [6.45, 7) is 5.63. The number of furan rings is 1. The molecule has 0 fully saturated rings. The molecule has 7 nitrogen and oxygen atoms in total. The van der Waals surface area contributed by atoms with Crippen LogP contribution in [0.2, 0.25) is 0 Å². The van der Waals surface area contributed by atoms with Crippen LogP contribution in [0.3, 0.4) is 0 Å². The van der Waals surface area contributed by atoms with Crippen LogP contribution < -0.4 is 10.6 Å². The molecule has 1 rings (SSSR count). The molecular weight excluding hydrogens is 288 g/mol. The standard InChI is InChI=1S/C15H22N2O5/c1-4-7-16-12(18)9-22-15(20)13(10(2)3)17-14(19)11-6-5-8-21-11/h5-6,8,10,13H,4,7,9H2,1-3H3,(H,16,18)(H,17,19)/t13-/m0/s1. The first-order valence-electron chi connectivity index (χ1n) is 7.23. The van der Waals surface area contributed by atoms with Crippen molar-refractivity contribution in [2.75, 3.05) is 13.2 Å². The maximum Gasteiger partial charge on any atom is 0.329 e. The van der Waals surface area contributed by atoms with E-state index >= 15 is 0 Å². The number of carbonyl (C=O) groups excluding carboxylic acids is 3. The minimum Gasteiger partial charge on any atom is -0.459 e. The Morgan fingerprint density at radius 2 is 2.05 bits per heavy atom. The molecule has 0 aliphatic carbocycles. The van der Waals surface area contributed by atoms with Crippen LogP contribution in [0.15, 0.2) is 22.8 Å². The third kappa shape index (κ3) is 5.59. The van der Waals surface area contributed by atoms with Gasteiger partial charge < -0.3 is 19.8 Å². The molecule has 0 saturated heterocycles. The lowest BCUT2D eigenvalue weighted by atomic mass is 10.0. The van der Waals surface area contributed by atoms with Gasteiger partial charge in [0.25, 0.3) is 11.8 Å². The number of ether oxygens (including phenoxy) is 1. The van der Waals surface area contributed by atoms with Crippen LogP contribution in [0.4, 0.5) is 0 Å². The number of amides is 2. The number of carbonyl (C=O) groups is 3. The Morgan fingerprint density at radius 3 is 2.59 bits per heavy atom. The quantitative estimate of drug-likeness (QED) is 0.701. The summed E-state index contributed by atoms with van der Waals surface area (Å²) in [7, 11) is 0. The third-order valence-corrected chi connectivity index (χ3v) is 2.87. The predicted octanol–water partition coefficient (Wildman–Crippen LogP) is 1.10. The van der Waals surface area contributed by atoms with Gasteiger partial charge in [-0.2, -0.15) is 0 Å². The zero-order chi connectivity index (χ0) is 16.5. The van der Waals surface area contributed by atoms with E-state index in [0.717, 1.165) is 6.42 Å². The van der Waals surface area contributed by atoms with Crippen LogP contribution in [-0.2, 0) is 14.3 Å². The van der Waals surface area contributed by atoms with Crippen LogP contribution >= 0.6 is 0 Å². The summed E-state index contributed by atoms with van der Waals surface area (Å²) in [6, 6.07) is 2.22. The van der Waals surface area contributed by atoms with E-state index in [-0.39, 0.29) is 24.2 Å². The monoisotopic (exact) mass is 310 g/mol. The highest BCUT2D eigenvalue weighted by Crippen LogP contribution is 2.07. The molecule has 0 radical (unpaired) electrons. The van der Waals surface area contributed by atoms with Crippen molar-refractivity contribution in [2.45, 2.75) is 33.2 Å². The van der Waals surface area contributed by atoms with Gasteiger partial charge in [0.05, 0.1) is 6.26 Å². The first kappa shape index (κ1) is 17.7. The lowest BCUT2D eigenvalue weighted by Gasteiger charge is -2.20. The fourth-order valence-corrected chi connectivity index (χ4v) is 1.66. The Balaban J connectivity index is 2.53. The molecule has 7 heteroatoms. The lowest BCUT2D eigenvalue weighted by molar-refractivity contribution is -0.151. The molecule has 0 spiro atoms. The Bertz CT molecular complexity index is 496. The van der Waals surface area contributed by atoms with Crippen molar-refractivity contribution in [3.05, 3.63) is 24.2 Å². The Labute approximate surface area is 129 Å². The highest BCUT2D eigenvalue weighted by molar-refractivity contribution is 5.94. The number of esters is 1. The van der Waals surface area contributed by atoms with Crippen molar-refractivity contribution in [3.63, 3.8) is 0 Å². The average Bonchev–Trinajstić information content (AvgIpc) is 3.01. The van der Waals surface area contributed by atoms with E-state index in [2.05, 4.69) is 10.6 Å². The van der Waals surface area contributed by atoms with Crippen LogP contribution in [0, 0.1) is 5.92 Å². The summed E-state index contributed by atoms with van der Waals surface area (Å²) >= 11 is 0. The normalized spacial score (nSPS) is 11.8. The lowest BCUT2D eigenvalue weighted by Crippen LogP contribution is -2.46. The number of hydrogen-bond donors (Lipinski definition) is 2. The Kier molecular flexibility index (Phi) is 7.15. The van der Waals surface area contributed by atoms with Gasteiger partial charge in [0, 0.05) is 6.54 Å². The van der Waals surface area contributed by atoms with E-state index in [1.165, 1.54) is 12.3 Å². The highest BCUT2D eigenvalue weighted by atomic mass is 16.5. The minimum atomic E-state index is -0.850. The molecule has 122 valence electrons. The van der Waals surface area contributed by atoms with Crippen molar-refractivity contribution in [1.29, 1.82) is 0 Å². The van der Waals surface area contributed by atoms with Crippen molar-refractivity contribution >= 4 is 17.8 Å². The van der Waals surface area contributed by atoms with Gasteiger partial charge in [-0.15, -0.1) is 0 Å². The second-order valence-corrected chi connectivity index (χ2v) is 5.13. The average molecular weight is 310 g/mol. The molecule has 1 atom stereocenters. The van der Waals surface area contributed by atoms with Crippen LogP contribution in [0.25, 0.3) is 0 Å². The van der Waals surface area contributed by atoms with Gasteiger partial charge in [-0.1, -0.05) is 20.8 Å². The van der Waals surface area contributed by atoms with Crippen LogP contribution in [-0.4, -0.2) is 37.0 Å². The highest BCUT2D eigenvalue weighted by Gasteiger charge is 2.27. The van der Waals surface area contributed by atoms with E-state index < -0.39 is 17.9 Å². The van der Waals surface area contributed by atoms with Crippen molar-refractivity contribution < 1.29 is 23.5 Å². The van der Waals surface area contributed by atoms with Gasteiger partial charge >= 0.3 is 5.97 Å². The molecule has 2 N–H and O–H groups in total. The largest absolute Gasteiger partial charge is 0.459 e. The fourth-order valence-electron chi connectivity index (χ4n) is 1.66. The summed E-state index contributed by atoms with van der Waals surface area (Å²) in [5, 5.41) is 5.15. The molecule has 22 heavy (non-hydrogen) atoms. The Morgan fingerprint density at radius 1 is 1.32 bits per heavy atom. The first-order valence-corrected chi connectivity index (χ1v) is 7.23. The number of rotatable bonds is 8. The molecular formula is C15H22N2O5. The van der Waals surface area contributed by atoms with Gasteiger partial charge in [0.15, 0.2) is 12.4 Å². The molecule has 1 aromatic heterocycles. The predicted molar refractivity (Wildman–Crippen MR) is 79.1 cm³/mol. The van der Waals surface area contributed by atoms with Gasteiger partial charge in [-0.25, -0.2) is 4.79 Å². The second kappa shape index (κ2) is 8.86. The third-order valence-electron chi connectivity index (χ3n) is 2.87. The fraction of sp³-hybridized carbons (Fsp3) is 0.533. The molecule has 0 aliphatic heterocycles. The molecule has 1 heterocycles. The molecule has 0 aliphatic rings. The number of nitrogens with one attached hydrogen (secondary N) is 2. The van der Waals surface area contributed by atoms with Crippen LogP contribution in [0.5, 0.6) is 0 Å². The van der Waals surface area contributed by atoms with Crippen molar-refractivity contribution in [1.82, 2.24) is 10.6 Å². The summed E-state index contributed by atoms with van der Waals surface area (Å²) in [5.74, 6) is -1.60. The van der Waals surface area contributed by atoms with Gasteiger partial charge in [-0.3, -0.25) is 9.59 Å². The topological polar surface area (TPSA) is 97.6 Å². The molecule has 1 aromatic rings. The van der Waals surface area contributed by atoms with E-state index in [0.29, 0.717) is 6.54 Å². The second-order valence-electron chi connectivity index (χ2n) is 5.13. The van der Waals surface area contributed by atoms with Crippen molar-refractivity contribution in [2.24, 2.45) is 5.92 Å². The first-order chi connectivity index (χ1) is 10.5. The maximum atomic E-state index is 12.0. The zero-order valence-electron chi connectivity index (χ0n) is 13.0. The molecule has 0 aromatic carbocycles. The van der Waals surface area contributed by atoms with E-state index in [9.17, 15) is 14.4 Å². The van der Waals surface area contributed by atoms with E-state index in [1.54, 1.807) is 19.9 Å². The van der Waals surface area contributed by atoms with E-state index in [1.807, 2.05) is 6.92 Å². The van der Waals surface area contributed by atoms with Gasteiger partial charge in [0.2, 0.25) is 0 Å². The molecule has 0 saturated carbocycles.